The molecule has 0 fully saturated rings. The summed E-state index contributed by atoms with van der Waals surface area (Å²) in [6.45, 7) is 7.83. The van der Waals surface area contributed by atoms with Crippen LogP contribution in [0.25, 0.3) is 11.3 Å². The molecule has 0 amide bonds. The number of benzene rings is 3. The highest BCUT2D eigenvalue weighted by Gasteiger charge is 2.39. The minimum atomic E-state index is -5.08. The highest BCUT2D eigenvalue weighted by molar-refractivity contribution is 5.95. The summed E-state index contributed by atoms with van der Waals surface area (Å²) in [6, 6.07) is 17.7. The molecule has 0 saturated heterocycles. The van der Waals surface area contributed by atoms with Crippen LogP contribution in [0.3, 0.4) is 0 Å². The smallest absolute Gasteiger partial charge is 0.490 e. The molecule has 1 atom stereocenters. The van der Waals surface area contributed by atoms with Gasteiger partial charge in [-0.3, -0.25) is 5.41 Å². The Labute approximate surface area is 298 Å². The summed E-state index contributed by atoms with van der Waals surface area (Å²) < 4.78 is 91.0. The van der Waals surface area contributed by atoms with Gasteiger partial charge in [0.2, 0.25) is 0 Å². The van der Waals surface area contributed by atoms with Crippen molar-refractivity contribution in [2.45, 2.75) is 58.8 Å². The van der Waals surface area contributed by atoms with Crippen molar-refractivity contribution < 1.29 is 65.1 Å². The lowest BCUT2D eigenvalue weighted by Gasteiger charge is -2.26. The first-order valence-electron chi connectivity index (χ1n) is 15.3. The number of nitrogens with zero attached hydrogens (tertiary/aromatic N) is 2. The highest BCUT2D eigenvalue weighted by Crippen LogP contribution is 2.38. The Morgan fingerprint density at radius 2 is 1.51 bits per heavy atom. The van der Waals surface area contributed by atoms with Crippen LogP contribution in [0.1, 0.15) is 50.8 Å². The molecule has 0 radical (unpaired) electrons. The summed E-state index contributed by atoms with van der Waals surface area (Å²) in [6.07, 6.45) is -9.30. The van der Waals surface area contributed by atoms with E-state index in [2.05, 4.69) is 4.98 Å². The Morgan fingerprint density at radius 3 is 1.98 bits per heavy atom. The molecule has 7 N–H and O–H groups in total. The normalized spacial score (nSPS) is 11.7. The van der Waals surface area contributed by atoms with E-state index in [0.717, 1.165) is 11.1 Å². The number of ether oxygens (including phenoxy) is 2. The number of alkyl halides is 6. The number of aliphatic carboxylic acids is 2. The van der Waals surface area contributed by atoms with Crippen LogP contribution in [-0.4, -0.2) is 68.1 Å². The number of carboxylic acids is 2. The van der Waals surface area contributed by atoms with Crippen LogP contribution in [0.2, 0.25) is 0 Å². The SMILES string of the molecule is CCOc1cc(OC(C)C)c(F)c(N(Cc2nc(-c3ccccc3C(C)O)c[nH]2)c2ccc(C(=N)N)cc2)c1.O=C(O)C(F)(F)F.O=C(O)C(F)(F)F. The largest absolute Gasteiger partial charge is 0.494 e. The van der Waals surface area contributed by atoms with Gasteiger partial charge in [-0.05, 0) is 57.5 Å². The Hall–Kier alpha value is -5.85. The van der Waals surface area contributed by atoms with E-state index < -0.39 is 36.2 Å². The number of rotatable bonds is 11. The van der Waals surface area contributed by atoms with Gasteiger partial charge >= 0.3 is 24.3 Å². The van der Waals surface area contributed by atoms with E-state index in [1.54, 1.807) is 54.4 Å². The third-order valence-corrected chi connectivity index (χ3v) is 6.56. The number of carboxylic acid groups (broad SMARTS) is 2. The molecular formula is C34H36F7N5O7. The van der Waals surface area contributed by atoms with Crippen molar-refractivity contribution >= 4 is 29.1 Å². The van der Waals surface area contributed by atoms with Crippen molar-refractivity contribution in [3.63, 3.8) is 0 Å². The zero-order chi connectivity index (χ0) is 40.3. The van der Waals surface area contributed by atoms with Crippen molar-refractivity contribution in [3.8, 4) is 22.8 Å². The summed E-state index contributed by atoms with van der Waals surface area (Å²) >= 11 is 0. The molecule has 1 aromatic heterocycles. The standard InChI is InChI=1S/C30H34FN5O3.2C2HF3O2/c1-5-38-22-14-26(29(31)27(15-22)39-18(2)3)36(21-12-10-20(11-13-21)30(32)33)17-28-34-16-25(35-28)24-9-7-6-8-23(24)19(4)37;2*3-2(4,5)1(6)7/h6-16,18-19,37H,5,17H2,1-4H3,(H3,32,33)(H,34,35);2*(H,6,7). The zero-order valence-corrected chi connectivity index (χ0v) is 28.5. The number of hydrogen-bond donors (Lipinski definition) is 6. The van der Waals surface area contributed by atoms with Gasteiger partial charge in [0, 0.05) is 35.1 Å². The summed E-state index contributed by atoms with van der Waals surface area (Å²) in [5, 5.41) is 32.2. The number of aromatic amines is 1. The number of imidazole rings is 1. The number of hydrogen-bond acceptors (Lipinski definition) is 8. The summed E-state index contributed by atoms with van der Waals surface area (Å²) in [7, 11) is 0. The second kappa shape index (κ2) is 18.6. The van der Waals surface area contributed by atoms with Gasteiger partial charge in [0.25, 0.3) is 0 Å². The summed E-state index contributed by atoms with van der Waals surface area (Å²) in [5.41, 5.74) is 9.35. The Bertz CT molecular complexity index is 1820. The van der Waals surface area contributed by atoms with Gasteiger partial charge in [-0.25, -0.2) is 19.0 Å². The maximum absolute atomic E-state index is 16.0. The number of carbonyl (C=O) groups is 2. The lowest BCUT2D eigenvalue weighted by molar-refractivity contribution is -0.193. The molecule has 0 aliphatic heterocycles. The molecule has 288 valence electrons. The lowest BCUT2D eigenvalue weighted by Crippen LogP contribution is -2.21. The molecule has 0 aliphatic carbocycles. The lowest BCUT2D eigenvalue weighted by atomic mass is 10.0. The molecule has 12 nitrogen and oxygen atoms in total. The fourth-order valence-electron chi connectivity index (χ4n) is 4.31. The van der Waals surface area contributed by atoms with Gasteiger partial charge in [0.15, 0.2) is 11.6 Å². The number of amidine groups is 1. The minimum absolute atomic E-state index is 0.0577. The average molecular weight is 760 g/mol. The number of H-pyrrole nitrogens is 1. The first-order chi connectivity index (χ1) is 24.6. The maximum atomic E-state index is 16.0. The predicted molar refractivity (Wildman–Crippen MR) is 179 cm³/mol. The first-order valence-corrected chi connectivity index (χ1v) is 15.3. The molecule has 3 aromatic carbocycles. The average Bonchev–Trinajstić information content (AvgIpc) is 3.53. The minimum Gasteiger partial charge on any atom is -0.494 e. The molecular weight excluding hydrogens is 723 g/mol. The van der Waals surface area contributed by atoms with Crippen LogP contribution in [0.15, 0.2) is 66.9 Å². The van der Waals surface area contributed by atoms with Crippen molar-refractivity contribution in [1.29, 1.82) is 5.41 Å². The monoisotopic (exact) mass is 759 g/mol. The van der Waals surface area contributed by atoms with Gasteiger partial charge in [0.1, 0.15) is 17.4 Å². The molecule has 0 saturated carbocycles. The molecule has 1 heterocycles. The van der Waals surface area contributed by atoms with E-state index in [1.807, 2.05) is 45.0 Å². The fraction of sp³-hybridized carbons (Fsp3) is 0.294. The second-order valence-electron chi connectivity index (χ2n) is 11.0. The zero-order valence-electron chi connectivity index (χ0n) is 28.5. The van der Waals surface area contributed by atoms with Gasteiger partial charge in [-0.1, -0.05) is 24.3 Å². The van der Waals surface area contributed by atoms with E-state index >= 15 is 4.39 Å². The second-order valence-corrected chi connectivity index (χ2v) is 11.0. The summed E-state index contributed by atoms with van der Waals surface area (Å²) in [4.78, 5) is 27.5. The fourth-order valence-corrected chi connectivity index (χ4v) is 4.31. The quantitative estimate of drug-likeness (QED) is 0.0512. The number of anilines is 2. The highest BCUT2D eigenvalue weighted by atomic mass is 19.4. The van der Waals surface area contributed by atoms with E-state index in [9.17, 15) is 31.4 Å². The van der Waals surface area contributed by atoms with E-state index in [-0.39, 0.29) is 29.9 Å². The van der Waals surface area contributed by atoms with Crippen LogP contribution in [0.4, 0.5) is 42.1 Å². The van der Waals surface area contributed by atoms with Crippen molar-refractivity contribution in [2.24, 2.45) is 5.73 Å². The van der Waals surface area contributed by atoms with Gasteiger partial charge in [-0.15, -0.1) is 0 Å². The van der Waals surface area contributed by atoms with E-state index in [0.29, 0.717) is 35.1 Å². The number of aliphatic hydroxyl groups is 1. The molecule has 19 heteroatoms. The maximum Gasteiger partial charge on any atom is 0.490 e. The van der Waals surface area contributed by atoms with Crippen molar-refractivity contribution in [3.05, 3.63) is 89.6 Å². The first kappa shape index (κ1) is 43.3. The van der Waals surface area contributed by atoms with Crippen LogP contribution >= 0.6 is 0 Å². The molecule has 0 bridgehead atoms. The van der Waals surface area contributed by atoms with Gasteiger partial charge in [-0.2, -0.15) is 26.3 Å². The Morgan fingerprint density at radius 1 is 0.962 bits per heavy atom. The number of aliphatic hydroxyl groups excluding tert-OH is 1. The molecule has 4 aromatic rings. The molecule has 53 heavy (non-hydrogen) atoms. The van der Waals surface area contributed by atoms with Crippen LogP contribution in [-0.2, 0) is 16.1 Å². The van der Waals surface area contributed by atoms with E-state index in [4.69, 9.17) is 45.4 Å². The third kappa shape index (κ3) is 13.0. The van der Waals surface area contributed by atoms with Crippen molar-refractivity contribution in [1.82, 2.24) is 9.97 Å². The third-order valence-electron chi connectivity index (χ3n) is 6.56. The van der Waals surface area contributed by atoms with Crippen LogP contribution in [0.5, 0.6) is 11.5 Å². The van der Waals surface area contributed by atoms with Crippen LogP contribution in [0, 0.1) is 11.2 Å². The van der Waals surface area contributed by atoms with Crippen LogP contribution < -0.4 is 20.1 Å². The Balaban J connectivity index is 0.000000587. The predicted octanol–water partition coefficient (Wildman–Crippen LogP) is 7.34. The molecule has 0 aliphatic rings. The number of nitrogens with one attached hydrogen (secondary N) is 2. The number of nitrogens with two attached hydrogens (primary N) is 1. The number of nitrogen functional groups attached to an aromatic ring is 1. The molecule has 4 rings (SSSR count). The van der Waals surface area contributed by atoms with Gasteiger partial charge in [0.05, 0.1) is 36.7 Å². The number of halogens is 7. The van der Waals surface area contributed by atoms with Gasteiger partial charge < -0.3 is 40.4 Å². The van der Waals surface area contributed by atoms with E-state index in [1.165, 1.54) is 0 Å². The number of aromatic nitrogens is 2. The molecule has 1 unspecified atom stereocenters. The summed E-state index contributed by atoms with van der Waals surface area (Å²) in [5.74, 6) is -4.97. The Kier molecular flexibility index (Phi) is 15.2. The van der Waals surface area contributed by atoms with Crippen molar-refractivity contribution in [2.75, 3.05) is 11.5 Å². The topological polar surface area (TPSA) is 195 Å². The molecule has 0 spiro atoms.